The lowest BCUT2D eigenvalue weighted by Gasteiger charge is -2.18. The fourth-order valence-corrected chi connectivity index (χ4v) is 1.95. The van der Waals surface area contributed by atoms with Gasteiger partial charge in [0.25, 0.3) is 5.92 Å². The highest BCUT2D eigenvalue weighted by molar-refractivity contribution is 5.76. The third kappa shape index (κ3) is 1.22. The molecular formula is C8H11F2NO2. The van der Waals surface area contributed by atoms with E-state index < -0.39 is 29.9 Å². The second kappa shape index (κ2) is 2.64. The van der Waals surface area contributed by atoms with Gasteiger partial charge in [0.15, 0.2) is 0 Å². The first-order valence-electron chi connectivity index (χ1n) is 4.29. The fourth-order valence-electron chi connectivity index (χ4n) is 1.95. The maximum atomic E-state index is 12.8. The first-order valence-corrected chi connectivity index (χ1v) is 4.29. The van der Waals surface area contributed by atoms with Gasteiger partial charge in [0, 0.05) is 5.92 Å². The molecule has 13 heavy (non-hydrogen) atoms. The lowest BCUT2D eigenvalue weighted by Crippen LogP contribution is -2.43. The van der Waals surface area contributed by atoms with Crippen LogP contribution >= 0.6 is 0 Å². The van der Waals surface area contributed by atoms with Crippen LogP contribution in [-0.2, 0) is 9.53 Å². The Hall–Kier alpha value is -0.710. The summed E-state index contributed by atoms with van der Waals surface area (Å²) in [5.41, 5.74) is 0. The lowest BCUT2D eigenvalue weighted by atomic mass is 10.1. The molecule has 0 aromatic carbocycles. The maximum Gasteiger partial charge on any atom is 0.322 e. The normalized spacial score (nSPS) is 40.7. The van der Waals surface area contributed by atoms with Crippen molar-refractivity contribution in [1.29, 1.82) is 0 Å². The molecular weight excluding hydrogens is 180 g/mol. The highest BCUT2D eigenvalue weighted by atomic mass is 19.3. The summed E-state index contributed by atoms with van der Waals surface area (Å²) in [6.07, 6.45) is 0.855. The summed E-state index contributed by atoms with van der Waals surface area (Å²) in [6, 6.07) is -1.34. The van der Waals surface area contributed by atoms with Gasteiger partial charge in [-0.2, -0.15) is 0 Å². The maximum absolute atomic E-state index is 12.8. The summed E-state index contributed by atoms with van der Waals surface area (Å²) in [5, 5.41) is 2.61. The van der Waals surface area contributed by atoms with Crippen molar-refractivity contribution in [3.8, 4) is 0 Å². The van der Waals surface area contributed by atoms with E-state index in [1.807, 2.05) is 0 Å². The zero-order chi connectivity index (χ0) is 9.64. The number of rotatable bonds is 1. The molecule has 1 saturated carbocycles. The number of carbonyl (C=O) groups is 1. The predicted molar refractivity (Wildman–Crippen MR) is 40.4 cm³/mol. The Morgan fingerprint density at radius 2 is 2.23 bits per heavy atom. The Morgan fingerprint density at radius 3 is 2.77 bits per heavy atom. The molecule has 74 valence electrons. The van der Waals surface area contributed by atoms with Crippen LogP contribution in [0.2, 0.25) is 0 Å². The van der Waals surface area contributed by atoms with Gasteiger partial charge in [-0.3, -0.25) is 10.1 Å². The minimum Gasteiger partial charge on any atom is -0.468 e. The summed E-state index contributed by atoms with van der Waals surface area (Å²) in [6.45, 7) is 0. The van der Waals surface area contributed by atoms with Crippen LogP contribution < -0.4 is 5.32 Å². The smallest absolute Gasteiger partial charge is 0.322 e. The second-order valence-electron chi connectivity index (χ2n) is 3.58. The molecule has 0 radical (unpaired) electrons. The Balaban J connectivity index is 1.97. The number of hydrogen-bond acceptors (Lipinski definition) is 3. The van der Waals surface area contributed by atoms with Crippen molar-refractivity contribution >= 4 is 5.97 Å². The molecule has 3 nitrogen and oxygen atoms in total. The van der Waals surface area contributed by atoms with Crippen LogP contribution in [0.1, 0.15) is 12.8 Å². The van der Waals surface area contributed by atoms with Gasteiger partial charge in [-0.25, -0.2) is 8.78 Å². The largest absolute Gasteiger partial charge is 0.468 e. The van der Waals surface area contributed by atoms with Crippen molar-refractivity contribution in [2.75, 3.05) is 7.11 Å². The number of ether oxygens (including phenoxy) is 1. The van der Waals surface area contributed by atoms with Crippen LogP contribution in [-0.4, -0.2) is 31.1 Å². The SMILES string of the molecule is COC(=O)[C@@H]1CC[C@H]2[C@@H](N1)C2(F)F. The highest BCUT2D eigenvalue weighted by Gasteiger charge is 2.70. The van der Waals surface area contributed by atoms with Crippen LogP contribution in [0.5, 0.6) is 0 Å². The van der Waals surface area contributed by atoms with Crippen LogP contribution in [0.25, 0.3) is 0 Å². The molecule has 1 aliphatic carbocycles. The van der Waals surface area contributed by atoms with E-state index in [0.29, 0.717) is 12.8 Å². The van der Waals surface area contributed by atoms with Crippen LogP contribution in [0.15, 0.2) is 0 Å². The quantitative estimate of drug-likeness (QED) is 0.615. The number of halogens is 2. The summed E-state index contributed by atoms with van der Waals surface area (Å²) >= 11 is 0. The topological polar surface area (TPSA) is 38.3 Å². The summed E-state index contributed by atoms with van der Waals surface area (Å²) in [5.74, 6) is -3.61. The van der Waals surface area contributed by atoms with Crippen LogP contribution in [0.4, 0.5) is 8.78 Å². The first-order chi connectivity index (χ1) is 6.07. The van der Waals surface area contributed by atoms with E-state index in [-0.39, 0.29) is 0 Å². The molecule has 0 spiro atoms. The number of alkyl halides is 2. The third-order valence-corrected chi connectivity index (χ3v) is 2.84. The van der Waals surface area contributed by atoms with Crippen molar-refractivity contribution in [3.05, 3.63) is 0 Å². The van der Waals surface area contributed by atoms with Gasteiger partial charge >= 0.3 is 5.97 Å². The molecule has 0 unspecified atom stereocenters. The van der Waals surface area contributed by atoms with E-state index in [2.05, 4.69) is 10.1 Å². The van der Waals surface area contributed by atoms with E-state index in [4.69, 9.17) is 0 Å². The van der Waals surface area contributed by atoms with E-state index in [0.717, 1.165) is 0 Å². The molecule has 1 heterocycles. The number of esters is 1. The molecule has 2 rings (SSSR count). The zero-order valence-corrected chi connectivity index (χ0v) is 7.22. The molecule has 0 bridgehead atoms. The third-order valence-electron chi connectivity index (χ3n) is 2.84. The molecule has 0 aromatic rings. The zero-order valence-electron chi connectivity index (χ0n) is 7.22. The van der Waals surface area contributed by atoms with Crippen LogP contribution in [0, 0.1) is 5.92 Å². The molecule has 1 N–H and O–H groups in total. The van der Waals surface area contributed by atoms with Crippen molar-refractivity contribution in [1.82, 2.24) is 5.32 Å². The minimum absolute atomic E-state index is 0.407. The Morgan fingerprint density at radius 1 is 1.54 bits per heavy atom. The van der Waals surface area contributed by atoms with Gasteiger partial charge in [-0.15, -0.1) is 0 Å². The summed E-state index contributed by atoms with van der Waals surface area (Å²) in [7, 11) is 1.27. The van der Waals surface area contributed by atoms with E-state index in [1.165, 1.54) is 7.11 Å². The van der Waals surface area contributed by atoms with Crippen molar-refractivity contribution in [3.63, 3.8) is 0 Å². The number of hydrogen-bond donors (Lipinski definition) is 1. The Kier molecular flexibility index (Phi) is 1.80. The van der Waals surface area contributed by atoms with Crippen molar-refractivity contribution in [2.24, 2.45) is 5.92 Å². The number of nitrogens with one attached hydrogen (secondary N) is 1. The van der Waals surface area contributed by atoms with Gasteiger partial charge in [0.1, 0.15) is 6.04 Å². The molecule has 1 saturated heterocycles. The standard InChI is InChI=1S/C8H11F2NO2/c1-13-7(12)5-3-2-4-6(11-5)8(4,9)10/h4-6,11H,2-3H2,1H3/t4-,5-,6+/m0/s1. The fraction of sp³-hybridized carbons (Fsp3) is 0.875. The molecule has 3 atom stereocenters. The highest BCUT2D eigenvalue weighted by Crippen LogP contribution is 2.53. The molecule has 2 aliphatic rings. The molecule has 0 amide bonds. The Bertz CT molecular complexity index is 244. The van der Waals surface area contributed by atoms with Crippen molar-refractivity contribution in [2.45, 2.75) is 30.8 Å². The minimum atomic E-state index is -2.61. The lowest BCUT2D eigenvalue weighted by molar-refractivity contribution is -0.143. The Labute approximate surface area is 74.4 Å². The number of methoxy groups -OCH3 is 1. The van der Waals surface area contributed by atoms with E-state index >= 15 is 0 Å². The average Bonchev–Trinajstić information content (AvgIpc) is 2.68. The van der Waals surface area contributed by atoms with Crippen LogP contribution in [0.3, 0.4) is 0 Å². The molecule has 1 aliphatic heterocycles. The van der Waals surface area contributed by atoms with Gasteiger partial charge < -0.3 is 4.74 Å². The summed E-state index contributed by atoms with van der Waals surface area (Å²) < 4.78 is 30.1. The van der Waals surface area contributed by atoms with Gasteiger partial charge in [-0.1, -0.05) is 0 Å². The van der Waals surface area contributed by atoms with E-state index in [9.17, 15) is 13.6 Å². The number of fused-ring (bicyclic) bond motifs is 1. The second-order valence-corrected chi connectivity index (χ2v) is 3.58. The molecule has 0 aromatic heterocycles. The average molecular weight is 191 g/mol. The van der Waals surface area contributed by atoms with Gasteiger partial charge in [0.05, 0.1) is 13.2 Å². The first kappa shape index (κ1) is 8.87. The number of carbonyl (C=O) groups excluding carboxylic acids is 1. The molecule has 5 heteroatoms. The molecule has 2 fully saturated rings. The number of piperidine rings is 1. The predicted octanol–water partition coefficient (Wildman–Crippen LogP) is 0.545. The monoisotopic (exact) mass is 191 g/mol. The van der Waals surface area contributed by atoms with Crippen molar-refractivity contribution < 1.29 is 18.3 Å². The van der Waals surface area contributed by atoms with Gasteiger partial charge in [-0.05, 0) is 12.8 Å². The van der Waals surface area contributed by atoms with E-state index in [1.54, 1.807) is 0 Å². The summed E-state index contributed by atoms with van der Waals surface area (Å²) in [4.78, 5) is 11.0. The van der Waals surface area contributed by atoms with Gasteiger partial charge in [0.2, 0.25) is 0 Å².